The van der Waals surface area contributed by atoms with Crippen LogP contribution in [0.15, 0.2) is 42.6 Å². The first-order valence-corrected chi connectivity index (χ1v) is 21.5. The summed E-state index contributed by atoms with van der Waals surface area (Å²) in [4.78, 5) is 64.5. The van der Waals surface area contributed by atoms with E-state index in [2.05, 4.69) is 21.9 Å². The van der Waals surface area contributed by atoms with Crippen LogP contribution >= 0.6 is 0 Å². The molecule has 14 nitrogen and oxygen atoms in total. The fourth-order valence-electron chi connectivity index (χ4n) is 8.24. The van der Waals surface area contributed by atoms with Gasteiger partial charge in [0, 0.05) is 31.0 Å². The van der Waals surface area contributed by atoms with Crippen LogP contribution in [0.5, 0.6) is 11.6 Å². The Balaban J connectivity index is 1.23. The summed E-state index contributed by atoms with van der Waals surface area (Å²) in [5, 5.41) is 4.49. The van der Waals surface area contributed by atoms with Gasteiger partial charge in [0.05, 0.1) is 17.9 Å². The summed E-state index contributed by atoms with van der Waals surface area (Å²) in [7, 11) is -2.43. The molecule has 56 heavy (non-hydrogen) atoms. The van der Waals surface area contributed by atoms with Crippen molar-refractivity contribution in [3.63, 3.8) is 0 Å². The molecule has 304 valence electrons. The standard InChI is InChI=1S/C41H55N5O9S/c1-7-53-29-12-13-31-27(21-29)14-19-42-35(31)54-30-22-32-34(47)43-41(37(49)44-56(51,52)40(5)17-18-40)23-28(41)11-9-8-10-25(2)20-26(3)33(36(48)46(32)24-30)45(6)38(50)55-39(4)15-16-39/h9,11-14,19,21,25-26,28,30,32-33H,7-8,10,15-18,20,22-24H2,1-6H3,(H,43,47)(H,44,49)/b11-9-/t25-,26-,28-,30-,32+,33+,41-/m1/s1. The number of pyridine rings is 1. The van der Waals surface area contributed by atoms with Crippen molar-refractivity contribution in [2.75, 3.05) is 20.2 Å². The van der Waals surface area contributed by atoms with Crippen molar-refractivity contribution in [3.8, 4) is 11.6 Å². The van der Waals surface area contributed by atoms with Gasteiger partial charge in [0.1, 0.15) is 35.1 Å². The van der Waals surface area contributed by atoms with Gasteiger partial charge in [-0.15, -0.1) is 0 Å². The summed E-state index contributed by atoms with van der Waals surface area (Å²) in [6.07, 6.45) is 8.92. The maximum Gasteiger partial charge on any atom is 0.410 e. The molecular weight excluding hydrogens is 739 g/mol. The van der Waals surface area contributed by atoms with E-state index in [0.717, 1.165) is 30.0 Å². The molecule has 2 aliphatic heterocycles. The summed E-state index contributed by atoms with van der Waals surface area (Å²) in [6, 6.07) is 5.34. The van der Waals surface area contributed by atoms with E-state index in [9.17, 15) is 22.8 Å². The average molecular weight is 794 g/mol. The first kappa shape index (κ1) is 39.8. The Kier molecular flexibility index (Phi) is 10.5. The second-order valence-corrected chi connectivity index (χ2v) is 19.5. The van der Waals surface area contributed by atoms with Gasteiger partial charge in [-0.25, -0.2) is 18.2 Å². The van der Waals surface area contributed by atoms with Gasteiger partial charge in [-0.1, -0.05) is 26.0 Å². The van der Waals surface area contributed by atoms with Crippen LogP contribution in [0.4, 0.5) is 4.79 Å². The number of allylic oxidation sites excluding steroid dienone is 1. The summed E-state index contributed by atoms with van der Waals surface area (Å²) in [5.41, 5.74) is -2.09. The van der Waals surface area contributed by atoms with Crippen LogP contribution in [0.3, 0.4) is 0 Å². The van der Waals surface area contributed by atoms with Gasteiger partial charge in [-0.05, 0) is 114 Å². The summed E-state index contributed by atoms with van der Waals surface area (Å²) in [6.45, 7) is 9.93. The van der Waals surface area contributed by atoms with Gasteiger partial charge in [0.15, 0.2) is 0 Å². The molecule has 3 saturated carbocycles. The Morgan fingerprint density at radius 3 is 2.54 bits per heavy atom. The van der Waals surface area contributed by atoms with Crippen LogP contribution in [0.1, 0.15) is 92.4 Å². The van der Waals surface area contributed by atoms with Crippen molar-refractivity contribution in [1.82, 2.24) is 24.8 Å². The van der Waals surface area contributed by atoms with E-state index in [-0.39, 0.29) is 31.2 Å². The van der Waals surface area contributed by atoms with Crippen molar-refractivity contribution in [1.29, 1.82) is 0 Å². The van der Waals surface area contributed by atoms with Crippen LogP contribution in [-0.2, 0) is 29.1 Å². The third-order valence-electron chi connectivity index (χ3n) is 12.5. The summed E-state index contributed by atoms with van der Waals surface area (Å²) < 4.78 is 45.7. The number of nitrogens with one attached hydrogen (secondary N) is 2. The van der Waals surface area contributed by atoms with Gasteiger partial charge < -0.3 is 24.4 Å². The molecule has 5 aliphatic rings. The maximum absolute atomic E-state index is 15.0. The van der Waals surface area contributed by atoms with Crippen LogP contribution in [-0.4, -0.2) is 101 Å². The second kappa shape index (κ2) is 14.8. The number of hydrogen-bond acceptors (Lipinski definition) is 10. The van der Waals surface area contributed by atoms with Crippen molar-refractivity contribution in [3.05, 3.63) is 42.6 Å². The molecule has 2 N–H and O–H groups in total. The number of fused-ring (bicyclic) bond motifs is 3. The zero-order valence-corrected chi connectivity index (χ0v) is 34.0. The van der Waals surface area contributed by atoms with E-state index in [1.54, 1.807) is 20.2 Å². The van der Waals surface area contributed by atoms with E-state index in [4.69, 9.17) is 14.2 Å². The van der Waals surface area contributed by atoms with Gasteiger partial charge >= 0.3 is 6.09 Å². The van der Waals surface area contributed by atoms with Gasteiger partial charge in [0.2, 0.25) is 27.7 Å². The maximum atomic E-state index is 15.0. The smallest absolute Gasteiger partial charge is 0.410 e. The molecule has 2 aromatic rings. The Bertz CT molecular complexity index is 2030. The molecule has 3 heterocycles. The van der Waals surface area contributed by atoms with E-state index in [0.29, 0.717) is 43.9 Å². The summed E-state index contributed by atoms with van der Waals surface area (Å²) in [5.74, 6) is -1.39. The number of ether oxygens (including phenoxy) is 3. The Labute approximate surface area is 329 Å². The number of amides is 4. The quantitative estimate of drug-likeness (QED) is 0.334. The third kappa shape index (κ3) is 7.92. The largest absolute Gasteiger partial charge is 0.494 e. The topological polar surface area (TPSA) is 174 Å². The number of rotatable bonds is 9. The van der Waals surface area contributed by atoms with Crippen LogP contribution in [0.2, 0.25) is 0 Å². The third-order valence-corrected chi connectivity index (χ3v) is 14.6. The lowest BCUT2D eigenvalue weighted by atomic mass is 9.87. The van der Waals surface area contributed by atoms with Crippen molar-refractivity contribution in [2.45, 2.75) is 126 Å². The Morgan fingerprint density at radius 2 is 1.84 bits per heavy atom. The normalized spacial score (nSPS) is 31.4. The molecule has 3 aliphatic carbocycles. The van der Waals surface area contributed by atoms with Gasteiger partial charge in [0.25, 0.3) is 5.91 Å². The molecule has 4 fully saturated rings. The lowest BCUT2D eigenvalue weighted by Crippen LogP contribution is -2.59. The summed E-state index contributed by atoms with van der Waals surface area (Å²) >= 11 is 0. The van der Waals surface area contributed by atoms with E-state index >= 15 is 4.79 Å². The molecule has 0 bridgehead atoms. The fraction of sp³-hybridized carbons (Fsp3) is 0.634. The first-order valence-electron chi connectivity index (χ1n) is 20.0. The van der Waals surface area contributed by atoms with Gasteiger partial charge in [-0.3, -0.25) is 24.0 Å². The average Bonchev–Trinajstić information content (AvgIpc) is 4.10. The lowest BCUT2D eigenvalue weighted by Gasteiger charge is -2.37. The molecular formula is C41H55N5O9S. The van der Waals surface area contributed by atoms with Crippen molar-refractivity contribution >= 4 is 44.6 Å². The minimum absolute atomic E-state index is 0.000650. The number of nitrogens with zero attached hydrogens (tertiary/aromatic N) is 3. The molecule has 0 unspecified atom stereocenters. The van der Waals surface area contributed by atoms with Crippen LogP contribution in [0, 0.1) is 17.8 Å². The molecule has 0 spiro atoms. The van der Waals surface area contributed by atoms with Crippen molar-refractivity contribution < 1.29 is 41.8 Å². The zero-order chi connectivity index (χ0) is 40.2. The zero-order valence-electron chi connectivity index (χ0n) is 33.2. The second-order valence-electron chi connectivity index (χ2n) is 17.3. The van der Waals surface area contributed by atoms with E-state index in [1.165, 1.54) is 9.80 Å². The molecule has 7 atom stereocenters. The predicted octanol–water partition coefficient (Wildman–Crippen LogP) is 4.86. The van der Waals surface area contributed by atoms with Gasteiger partial charge in [-0.2, -0.15) is 0 Å². The number of likely N-dealkylation sites (N-methyl/N-ethyl adjacent to an activating group) is 1. The molecule has 1 aromatic heterocycles. The monoisotopic (exact) mass is 793 g/mol. The SMILES string of the molecule is CCOc1ccc2c(O[C@@H]3C[C@H]4C(=O)N[C@]5(C(=O)NS(=O)(=O)C6(C)CC6)C[C@H]5/C=C\CC[C@@H](C)C[C@@H](C)[C@H](N(C)C(=O)OC5(C)CC5)C(=O)N4C3)nccc2c1. The Hall–Kier alpha value is -4.40. The highest BCUT2D eigenvalue weighted by Gasteiger charge is 2.63. The molecule has 7 rings (SSSR count). The van der Waals surface area contributed by atoms with Crippen molar-refractivity contribution in [2.24, 2.45) is 17.8 Å². The number of carbonyl (C=O) groups is 4. The molecule has 1 aromatic carbocycles. The molecule has 1 saturated heterocycles. The van der Waals surface area contributed by atoms with E-state index < -0.39 is 73.8 Å². The number of sulfonamides is 1. The molecule has 15 heteroatoms. The number of aromatic nitrogens is 1. The molecule has 4 amide bonds. The minimum Gasteiger partial charge on any atom is -0.494 e. The fourth-order valence-corrected chi connectivity index (χ4v) is 9.55. The Morgan fingerprint density at radius 1 is 1.09 bits per heavy atom. The van der Waals surface area contributed by atoms with Crippen LogP contribution in [0.25, 0.3) is 10.8 Å². The highest BCUT2D eigenvalue weighted by Crippen LogP contribution is 2.48. The molecule has 0 radical (unpaired) electrons. The van der Waals surface area contributed by atoms with Crippen LogP contribution < -0.4 is 19.5 Å². The predicted molar refractivity (Wildman–Crippen MR) is 208 cm³/mol. The first-order chi connectivity index (χ1) is 26.5. The highest BCUT2D eigenvalue weighted by molar-refractivity contribution is 7.91. The lowest BCUT2D eigenvalue weighted by molar-refractivity contribution is -0.144. The number of carbonyl (C=O) groups excluding carboxylic acids is 4. The highest BCUT2D eigenvalue weighted by atomic mass is 32.2. The minimum atomic E-state index is -3.99. The number of benzene rings is 1. The van der Waals surface area contributed by atoms with E-state index in [1.807, 2.05) is 57.2 Å². The number of hydrogen-bond donors (Lipinski definition) is 2.